The Morgan fingerprint density at radius 2 is 2.00 bits per heavy atom. The van der Waals surface area contributed by atoms with E-state index >= 15 is 0 Å². The van der Waals surface area contributed by atoms with Gasteiger partial charge >= 0.3 is 5.91 Å². The number of anilines is 1. The number of ether oxygens (including phenoxy) is 2. The summed E-state index contributed by atoms with van der Waals surface area (Å²) in [7, 11) is 0. The van der Waals surface area contributed by atoms with E-state index in [9.17, 15) is 19.1 Å². The minimum Gasteiger partial charge on any atom is -0.507 e. The molecule has 1 unspecified atom stereocenters. The number of fused-ring (bicyclic) bond motifs is 2. The predicted molar refractivity (Wildman–Crippen MR) is 126 cm³/mol. The van der Waals surface area contributed by atoms with Crippen LogP contribution in [0.5, 0.6) is 11.5 Å². The molecule has 35 heavy (non-hydrogen) atoms. The van der Waals surface area contributed by atoms with E-state index in [1.807, 2.05) is 0 Å². The Labute approximate surface area is 205 Å². The van der Waals surface area contributed by atoms with E-state index in [0.717, 1.165) is 11.3 Å². The van der Waals surface area contributed by atoms with Gasteiger partial charge in [0.2, 0.25) is 6.79 Å². The highest BCUT2D eigenvalue weighted by Crippen LogP contribution is 2.45. The maximum Gasteiger partial charge on any atom is 0.301 e. The minimum atomic E-state index is -1.02. The summed E-state index contributed by atoms with van der Waals surface area (Å²) in [5.41, 5.74) is 1.00. The number of carbonyl (C=O) groups excluding carboxylic acids is 2. The zero-order valence-electron chi connectivity index (χ0n) is 17.6. The number of carbonyl (C=O) groups is 2. The van der Waals surface area contributed by atoms with Crippen LogP contribution in [0.25, 0.3) is 16.0 Å². The summed E-state index contributed by atoms with van der Waals surface area (Å²) in [5, 5.41) is 11.3. The van der Waals surface area contributed by atoms with Crippen LogP contribution in [0, 0.1) is 5.82 Å². The molecule has 0 spiro atoms. The standard InChI is InChI=1S/C24H13ClFN3O5S/c25-13-7-15-18(8-14(13)26)35-24(28-15)29-20(12-2-1-5-27-9-12)19(22(31)23(29)32)21(30)11-3-4-16-17(6-11)34-10-33-16/h1-9,20,30H,10H2/b21-19+. The Hall–Kier alpha value is -4.02. The van der Waals surface area contributed by atoms with Gasteiger partial charge in [-0.1, -0.05) is 29.0 Å². The number of aliphatic hydroxyl groups excluding tert-OH is 1. The quantitative estimate of drug-likeness (QED) is 0.239. The van der Waals surface area contributed by atoms with Crippen LogP contribution in [0.1, 0.15) is 17.2 Å². The Morgan fingerprint density at radius 1 is 1.17 bits per heavy atom. The Morgan fingerprint density at radius 3 is 2.80 bits per heavy atom. The predicted octanol–water partition coefficient (Wildman–Crippen LogP) is 4.84. The van der Waals surface area contributed by atoms with E-state index in [2.05, 4.69) is 9.97 Å². The number of thiazole rings is 1. The van der Waals surface area contributed by atoms with E-state index < -0.39 is 23.5 Å². The van der Waals surface area contributed by atoms with Crippen LogP contribution in [0.15, 0.2) is 60.4 Å². The zero-order valence-corrected chi connectivity index (χ0v) is 19.1. The molecule has 8 nitrogen and oxygen atoms in total. The molecule has 4 heterocycles. The van der Waals surface area contributed by atoms with Gasteiger partial charge in [0.25, 0.3) is 5.78 Å². The van der Waals surface area contributed by atoms with E-state index in [0.29, 0.717) is 27.3 Å². The van der Waals surface area contributed by atoms with Gasteiger partial charge in [-0.15, -0.1) is 0 Å². The molecule has 2 aliphatic rings. The molecule has 0 radical (unpaired) electrons. The van der Waals surface area contributed by atoms with Crippen molar-refractivity contribution in [3.05, 3.63) is 82.4 Å². The third-order valence-corrected chi connectivity index (χ3v) is 7.02. The summed E-state index contributed by atoms with van der Waals surface area (Å²) in [5.74, 6) is -1.86. The average molecular weight is 510 g/mol. The lowest BCUT2D eigenvalue weighted by atomic mass is 9.96. The summed E-state index contributed by atoms with van der Waals surface area (Å²) in [4.78, 5) is 36.3. The van der Waals surface area contributed by atoms with Gasteiger partial charge in [0.15, 0.2) is 16.6 Å². The van der Waals surface area contributed by atoms with Gasteiger partial charge in [-0.3, -0.25) is 19.5 Å². The lowest BCUT2D eigenvalue weighted by Crippen LogP contribution is -2.29. The molecular weight excluding hydrogens is 497 g/mol. The van der Waals surface area contributed by atoms with Crippen molar-refractivity contribution in [2.75, 3.05) is 11.7 Å². The third kappa shape index (κ3) is 3.41. The number of Topliss-reactive ketones (excluding diaryl/α,β-unsaturated/α-hetero) is 1. The Bertz CT molecular complexity index is 1530. The van der Waals surface area contributed by atoms with Crippen molar-refractivity contribution in [3.63, 3.8) is 0 Å². The first-order valence-corrected chi connectivity index (χ1v) is 11.5. The maximum atomic E-state index is 14.0. The molecule has 0 aliphatic carbocycles. The van der Waals surface area contributed by atoms with Crippen LogP contribution >= 0.6 is 22.9 Å². The molecule has 2 aromatic heterocycles. The summed E-state index contributed by atoms with van der Waals surface area (Å²) in [6, 6.07) is 9.62. The monoisotopic (exact) mass is 509 g/mol. The summed E-state index contributed by atoms with van der Waals surface area (Å²) in [6.07, 6.45) is 3.05. The molecule has 1 fully saturated rings. The van der Waals surface area contributed by atoms with Gasteiger partial charge in [-0.25, -0.2) is 9.37 Å². The van der Waals surface area contributed by atoms with Crippen molar-refractivity contribution in [2.24, 2.45) is 0 Å². The second-order valence-electron chi connectivity index (χ2n) is 7.75. The van der Waals surface area contributed by atoms with Crippen molar-refractivity contribution in [1.29, 1.82) is 0 Å². The fourth-order valence-electron chi connectivity index (χ4n) is 4.10. The van der Waals surface area contributed by atoms with E-state index in [1.165, 1.54) is 29.3 Å². The highest BCUT2D eigenvalue weighted by molar-refractivity contribution is 7.22. The van der Waals surface area contributed by atoms with Crippen molar-refractivity contribution in [2.45, 2.75) is 6.04 Å². The number of pyridine rings is 1. The normalized spacial score (nSPS) is 18.6. The Balaban J connectivity index is 1.54. The van der Waals surface area contributed by atoms with Gasteiger partial charge in [0.1, 0.15) is 11.6 Å². The van der Waals surface area contributed by atoms with Crippen LogP contribution in [0.4, 0.5) is 9.52 Å². The number of benzene rings is 2. The van der Waals surface area contributed by atoms with Gasteiger partial charge in [0.05, 0.1) is 26.9 Å². The van der Waals surface area contributed by atoms with Crippen molar-refractivity contribution in [3.8, 4) is 11.5 Å². The van der Waals surface area contributed by atoms with E-state index in [-0.39, 0.29) is 33.8 Å². The van der Waals surface area contributed by atoms with E-state index in [4.69, 9.17) is 21.1 Å². The van der Waals surface area contributed by atoms with Crippen LogP contribution in [0.2, 0.25) is 5.02 Å². The maximum absolute atomic E-state index is 14.0. The molecule has 1 amide bonds. The van der Waals surface area contributed by atoms with Crippen LogP contribution in [-0.4, -0.2) is 33.6 Å². The number of ketones is 1. The van der Waals surface area contributed by atoms with Crippen LogP contribution in [-0.2, 0) is 9.59 Å². The molecule has 0 bridgehead atoms. The van der Waals surface area contributed by atoms with Crippen molar-refractivity contribution < 1.29 is 28.6 Å². The smallest absolute Gasteiger partial charge is 0.301 e. The molecule has 4 aromatic rings. The second kappa shape index (κ2) is 8.03. The lowest BCUT2D eigenvalue weighted by Gasteiger charge is -2.22. The lowest BCUT2D eigenvalue weighted by molar-refractivity contribution is -0.132. The fourth-order valence-corrected chi connectivity index (χ4v) is 5.25. The number of hydrogen-bond donors (Lipinski definition) is 1. The van der Waals surface area contributed by atoms with Gasteiger partial charge in [0, 0.05) is 18.0 Å². The molecule has 1 saturated heterocycles. The molecule has 1 atom stereocenters. The zero-order chi connectivity index (χ0) is 24.3. The van der Waals surface area contributed by atoms with Crippen molar-refractivity contribution in [1.82, 2.24) is 9.97 Å². The number of hydrogen-bond acceptors (Lipinski definition) is 8. The second-order valence-corrected chi connectivity index (χ2v) is 9.17. The summed E-state index contributed by atoms with van der Waals surface area (Å²) < 4.78 is 25.1. The molecule has 0 saturated carbocycles. The van der Waals surface area contributed by atoms with Crippen LogP contribution < -0.4 is 14.4 Å². The number of aliphatic hydroxyl groups is 1. The van der Waals surface area contributed by atoms with Gasteiger partial charge in [-0.2, -0.15) is 0 Å². The van der Waals surface area contributed by atoms with Gasteiger partial charge < -0.3 is 14.6 Å². The molecule has 2 aliphatic heterocycles. The molecule has 1 N–H and O–H groups in total. The van der Waals surface area contributed by atoms with Gasteiger partial charge in [-0.05, 0) is 42.0 Å². The minimum absolute atomic E-state index is 0.0435. The SMILES string of the molecule is O=C1C(=O)N(c2nc3cc(Cl)c(F)cc3s2)C(c2cccnc2)/C1=C(\O)c1ccc2c(c1)OCO2. The first kappa shape index (κ1) is 21.5. The number of rotatable bonds is 3. The topological polar surface area (TPSA) is 102 Å². The number of aromatic nitrogens is 2. The average Bonchev–Trinajstić information content (AvgIpc) is 3.55. The highest BCUT2D eigenvalue weighted by atomic mass is 35.5. The first-order chi connectivity index (χ1) is 16.9. The fraction of sp³-hybridized carbons (Fsp3) is 0.0833. The molecular formula is C24H13ClFN3O5S. The number of halogens is 2. The van der Waals surface area contributed by atoms with Crippen LogP contribution in [0.3, 0.4) is 0 Å². The molecule has 174 valence electrons. The number of amides is 1. The number of nitrogens with zero attached hydrogens (tertiary/aromatic N) is 3. The summed E-state index contributed by atoms with van der Waals surface area (Å²) >= 11 is 6.92. The summed E-state index contributed by atoms with van der Waals surface area (Å²) in [6.45, 7) is 0.0435. The molecule has 2 aromatic carbocycles. The molecule has 6 rings (SSSR count). The highest BCUT2D eigenvalue weighted by Gasteiger charge is 2.48. The van der Waals surface area contributed by atoms with E-state index in [1.54, 1.807) is 30.5 Å². The van der Waals surface area contributed by atoms with Crippen molar-refractivity contribution >= 4 is 55.7 Å². The first-order valence-electron chi connectivity index (χ1n) is 10.3. The Kier molecular flexibility index (Phi) is 4.94. The largest absolute Gasteiger partial charge is 0.507 e. The molecule has 11 heteroatoms. The third-order valence-electron chi connectivity index (χ3n) is 5.72.